The third-order valence-corrected chi connectivity index (χ3v) is 3.71. The molecule has 0 aliphatic carbocycles. The Bertz CT molecular complexity index is 901. The number of oxazole rings is 1. The molecule has 1 heterocycles. The molecule has 1 aromatic heterocycles. The van der Waals surface area contributed by atoms with Crippen molar-refractivity contribution in [1.29, 1.82) is 0 Å². The molecular weight excluding hydrogens is 372 g/mol. The first-order chi connectivity index (χ1) is 11.6. The zero-order chi connectivity index (χ0) is 18.4. The second-order valence-corrected chi connectivity index (χ2v) is 5.71. The summed E-state index contributed by atoms with van der Waals surface area (Å²) < 4.78 is 82.3. The average molecular weight is 380 g/mol. The highest BCUT2D eigenvalue weighted by Crippen LogP contribution is 2.46. The van der Waals surface area contributed by atoms with E-state index in [1.807, 2.05) is 0 Å². The van der Waals surface area contributed by atoms with E-state index in [0.29, 0.717) is 16.7 Å². The van der Waals surface area contributed by atoms with Crippen molar-refractivity contribution in [3.05, 3.63) is 53.1 Å². The minimum absolute atomic E-state index is 0.0465. The van der Waals surface area contributed by atoms with Crippen molar-refractivity contribution in [2.45, 2.75) is 18.3 Å². The molecule has 0 radical (unpaired) electrons. The molecule has 132 valence electrons. The van der Waals surface area contributed by atoms with E-state index >= 15 is 0 Å². The number of halogens is 7. The summed E-state index contributed by atoms with van der Waals surface area (Å²) in [7, 11) is 0. The molecule has 0 bridgehead atoms. The van der Waals surface area contributed by atoms with Crippen LogP contribution in [0.2, 0.25) is 5.02 Å². The van der Waals surface area contributed by atoms with Gasteiger partial charge >= 0.3 is 12.4 Å². The summed E-state index contributed by atoms with van der Waals surface area (Å²) in [5.41, 5.74) is -0.539. The quantitative estimate of drug-likeness (QED) is 0.484. The van der Waals surface area contributed by atoms with Crippen molar-refractivity contribution in [2.24, 2.45) is 0 Å². The molecule has 0 atom stereocenters. The zero-order valence-corrected chi connectivity index (χ0v) is 12.9. The lowest BCUT2D eigenvalue weighted by atomic mass is 9.97. The third-order valence-electron chi connectivity index (χ3n) is 3.47. The highest BCUT2D eigenvalue weighted by Gasteiger charge is 2.57. The molecule has 0 fully saturated rings. The standard InChI is InChI=1S/C16H8ClF6NO/c17-10-3-1-2-9(6-10)14-24-11-5-4-8(7-12(11)25-14)13(15(18,19)20)16(21,22)23/h1-7,13H. The van der Waals surface area contributed by atoms with E-state index in [9.17, 15) is 26.3 Å². The van der Waals surface area contributed by atoms with Gasteiger partial charge in [0.1, 0.15) is 5.52 Å². The second-order valence-electron chi connectivity index (χ2n) is 5.27. The maximum absolute atomic E-state index is 12.8. The van der Waals surface area contributed by atoms with Crippen molar-refractivity contribution in [3.8, 4) is 11.5 Å². The molecule has 0 aliphatic rings. The Labute approximate surface area is 142 Å². The van der Waals surface area contributed by atoms with Crippen LogP contribution in [0.3, 0.4) is 0 Å². The summed E-state index contributed by atoms with van der Waals surface area (Å²) in [5, 5.41) is 0.384. The van der Waals surface area contributed by atoms with Gasteiger partial charge in [-0.1, -0.05) is 23.7 Å². The van der Waals surface area contributed by atoms with Gasteiger partial charge in [-0.05, 0) is 35.9 Å². The maximum atomic E-state index is 12.8. The molecule has 0 unspecified atom stereocenters. The molecule has 9 heteroatoms. The molecule has 0 amide bonds. The topological polar surface area (TPSA) is 26.0 Å². The van der Waals surface area contributed by atoms with Gasteiger partial charge in [-0.25, -0.2) is 4.98 Å². The van der Waals surface area contributed by atoms with E-state index in [1.165, 1.54) is 6.07 Å². The van der Waals surface area contributed by atoms with Crippen molar-refractivity contribution < 1.29 is 30.8 Å². The smallest absolute Gasteiger partial charge is 0.404 e. The van der Waals surface area contributed by atoms with Crippen LogP contribution < -0.4 is 0 Å². The van der Waals surface area contributed by atoms with Gasteiger partial charge in [0.15, 0.2) is 11.5 Å². The molecule has 3 rings (SSSR count). The fourth-order valence-electron chi connectivity index (χ4n) is 2.43. The van der Waals surface area contributed by atoms with E-state index in [0.717, 1.165) is 12.1 Å². The first kappa shape index (κ1) is 17.6. The summed E-state index contributed by atoms with van der Waals surface area (Å²) in [5.74, 6) is -3.55. The SMILES string of the molecule is FC(F)(F)C(c1ccc2nc(-c3cccc(Cl)c3)oc2c1)C(F)(F)F. The number of hydrogen-bond acceptors (Lipinski definition) is 2. The Kier molecular flexibility index (Phi) is 4.18. The van der Waals surface area contributed by atoms with Crippen molar-refractivity contribution in [3.63, 3.8) is 0 Å². The first-order valence-electron chi connectivity index (χ1n) is 6.85. The number of fused-ring (bicyclic) bond motifs is 1. The Balaban J connectivity index is 2.09. The lowest BCUT2D eigenvalue weighted by Crippen LogP contribution is -2.34. The number of aromatic nitrogens is 1. The lowest BCUT2D eigenvalue weighted by molar-refractivity contribution is -0.253. The molecular formula is C16H8ClF6NO. The van der Waals surface area contributed by atoms with Gasteiger partial charge in [0.05, 0.1) is 0 Å². The maximum Gasteiger partial charge on any atom is 0.404 e. The fraction of sp³-hybridized carbons (Fsp3) is 0.188. The van der Waals surface area contributed by atoms with Crippen LogP contribution in [0, 0.1) is 0 Å². The van der Waals surface area contributed by atoms with Gasteiger partial charge in [-0.2, -0.15) is 26.3 Å². The van der Waals surface area contributed by atoms with Crippen LogP contribution in [0.15, 0.2) is 46.9 Å². The van der Waals surface area contributed by atoms with Crippen LogP contribution in [0.4, 0.5) is 26.3 Å². The minimum atomic E-state index is -5.47. The van der Waals surface area contributed by atoms with E-state index in [4.69, 9.17) is 16.0 Å². The summed E-state index contributed by atoms with van der Waals surface area (Å²) in [6.07, 6.45) is -10.9. The number of nitrogens with zero attached hydrogens (tertiary/aromatic N) is 1. The lowest BCUT2D eigenvalue weighted by Gasteiger charge is -2.23. The van der Waals surface area contributed by atoms with Crippen molar-refractivity contribution in [1.82, 2.24) is 4.98 Å². The molecule has 2 nitrogen and oxygen atoms in total. The van der Waals surface area contributed by atoms with E-state index in [2.05, 4.69) is 4.98 Å². The molecule has 0 aliphatic heterocycles. The van der Waals surface area contributed by atoms with Gasteiger partial charge < -0.3 is 4.42 Å². The van der Waals surface area contributed by atoms with Gasteiger partial charge in [-0.3, -0.25) is 0 Å². The molecule has 0 saturated heterocycles. The summed E-state index contributed by atoms with van der Waals surface area (Å²) >= 11 is 5.84. The third kappa shape index (κ3) is 3.58. The Hall–Kier alpha value is -2.22. The largest absolute Gasteiger partial charge is 0.436 e. The number of hydrogen-bond donors (Lipinski definition) is 0. The molecule has 0 spiro atoms. The van der Waals surface area contributed by atoms with Gasteiger partial charge in [0.2, 0.25) is 5.89 Å². The van der Waals surface area contributed by atoms with Gasteiger partial charge in [0, 0.05) is 10.6 Å². The number of rotatable bonds is 2. The summed E-state index contributed by atoms with van der Waals surface area (Å²) in [4.78, 5) is 4.06. The number of benzene rings is 2. The predicted molar refractivity (Wildman–Crippen MR) is 79.3 cm³/mol. The first-order valence-corrected chi connectivity index (χ1v) is 7.23. The molecule has 0 saturated carbocycles. The summed E-state index contributed by atoms with van der Waals surface area (Å²) in [6.45, 7) is 0. The van der Waals surface area contributed by atoms with Crippen LogP contribution in [0.5, 0.6) is 0 Å². The summed E-state index contributed by atoms with van der Waals surface area (Å²) in [6, 6.07) is 8.85. The fourth-order valence-corrected chi connectivity index (χ4v) is 2.62. The van der Waals surface area contributed by atoms with Crippen LogP contribution in [0.25, 0.3) is 22.6 Å². The normalized spacial score (nSPS) is 13.0. The average Bonchev–Trinajstić information content (AvgIpc) is 2.87. The van der Waals surface area contributed by atoms with E-state index in [-0.39, 0.29) is 17.0 Å². The second kappa shape index (κ2) is 5.94. The zero-order valence-electron chi connectivity index (χ0n) is 12.1. The van der Waals surface area contributed by atoms with Crippen LogP contribution in [-0.2, 0) is 0 Å². The Morgan fingerprint density at radius 1 is 0.920 bits per heavy atom. The number of alkyl halides is 6. The van der Waals surface area contributed by atoms with E-state index < -0.39 is 23.8 Å². The van der Waals surface area contributed by atoms with E-state index in [1.54, 1.807) is 18.2 Å². The predicted octanol–water partition coefficient (Wildman–Crippen LogP) is 6.36. The highest BCUT2D eigenvalue weighted by atomic mass is 35.5. The van der Waals surface area contributed by atoms with Crippen molar-refractivity contribution >= 4 is 22.7 Å². The minimum Gasteiger partial charge on any atom is -0.436 e. The highest BCUT2D eigenvalue weighted by molar-refractivity contribution is 6.30. The van der Waals surface area contributed by atoms with Gasteiger partial charge in [-0.15, -0.1) is 0 Å². The molecule has 3 aromatic rings. The van der Waals surface area contributed by atoms with Crippen LogP contribution in [-0.4, -0.2) is 17.3 Å². The van der Waals surface area contributed by atoms with Crippen molar-refractivity contribution in [2.75, 3.05) is 0 Å². The molecule has 2 aromatic carbocycles. The monoisotopic (exact) mass is 379 g/mol. The van der Waals surface area contributed by atoms with Crippen LogP contribution in [0.1, 0.15) is 11.5 Å². The van der Waals surface area contributed by atoms with Gasteiger partial charge in [0.25, 0.3) is 0 Å². The molecule has 0 N–H and O–H groups in total. The Morgan fingerprint density at radius 3 is 2.20 bits per heavy atom. The Morgan fingerprint density at radius 2 is 1.60 bits per heavy atom. The van der Waals surface area contributed by atoms with Crippen LogP contribution >= 0.6 is 11.6 Å². The molecule has 25 heavy (non-hydrogen) atoms.